The van der Waals surface area contributed by atoms with Gasteiger partial charge in [0.05, 0.1) is 6.42 Å². The molecule has 3 atom stereocenters. The molecule has 0 heterocycles. The summed E-state index contributed by atoms with van der Waals surface area (Å²) in [5.74, 6) is 0.00446. The highest BCUT2D eigenvalue weighted by Crippen LogP contribution is 2.29. The van der Waals surface area contributed by atoms with Gasteiger partial charge in [0.2, 0.25) is 0 Å². The van der Waals surface area contributed by atoms with Gasteiger partial charge in [-0.05, 0) is 42.5 Å². The number of rotatable bonds is 7. The molecule has 1 fully saturated rings. The number of ether oxygens (including phenoxy) is 1. The number of hydrogen-bond acceptors (Lipinski definition) is 4. The monoisotopic (exact) mass is 379 g/mol. The molecule has 26 heavy (non-hydrogen) atoms. The van der Waals surface area contributed by atoms with E-state index < -0.39 is 5.97 Å². The zero-order valence-electron chi connectivity index (χ0n) is 15.3. The predicted molar refractivity (Wildman–Crippen MR) is 100 cm³/mol. The first kappa shape index (κ1) is 20.4. The second kappa shape index (κ2) is 9.72. The highest BCUT2D eigenvalue weighted by Gasteiger charge is 2.28. The van der Waals surface area contributed by atoms with Crippen molar-refractivity contribution in [2.24, 2.45) is 11.8 Å². The van der Waals surface area contributed by atoms with E-state index in [0.29, 0.717) is 22.4 Å². The van der Waals surface area contributed by atoms with Crippen LogP contribution in [0.5, 0.6) is 0 Å². The molecule has 1 aliphatic rings. The Kier molecular flexibility index (Phi) is 7.64. The first-order valence-electron chi connectivity index (χ1n) is 9.10. The molecule has 1 amide bonds. The maximum atomic E-state index is 12.0. The molecule has 1 saturated carbocycles. The minimum Gasteiger partial charge on any atom is -0.456 e. The molecule has 0 aromatic heterocycles. The number of carbonyl (C=O) groups is 3. The van der Waals surface area contributed by atoms with Crippen LogP contribution in [0.3, 0.4) is 0 Å². The number of esters is 1. The fourth-order valence-electron chi connectivity index (χ4n) is 3.25. The third-order valence-corrected chi connectivity index (χ3v) is 5.39. The summed E-state index contributed by atoms with van der Waals surface area (Å²) in [6.07, 6.45) is 3.23. The Balaban J connectivity index is 1.68. The van der Waals surface area contributed by atoms with Crippen molar-refractivity contribution in [3.8, 4) is 0 Å². The molecule has 0 spiro atoms. The summed E-state index contributed by atoms with van der Waals surface area (Å²) in [7, 11) is 0. The minimum atomic E-state index is -0.549. The van der Waals surface area contributed by atoms with E-state index in [-0.39, 0.29) is 37.2 Å². The van der Waals surface area contributed by atoms with Crippen LogP contribution in [0.15, 0.2) is 24.3 Å². The second-order valence-electron chi connectivity index (χ2n) is 7.03. The van der Waals surface area contributed by atoms with Crippen molar-refractivity contribution in [2.75, 3.05) is 6.61 Å². The van der Waals surface area contributed by atoms with Gasteiger partial charge in [0.15, 0.2) is 12.4 Å². The van der Waals surface area contributed by atoms with E-state index in [1.807, 2.05) is 0 Å². The molecule has 142 valence electrons. The van der Waals surface area contributed by atoms with Gasteiger partial charge >= 0.3 is 5.97 Å². The molecule has 6 heteroatoms. The lowest BCUT2D eigenvalue weighted by Crippen LogP contribution is -2.45. The zero-order valence-corrected chi connectivity index (χ0v) is 16.1. The van der Waals surface area contributed by atoms with Gasteiger partial charge in [-0.15, -0.1) is 0 Å². The van der Waals surface area contributed by atoms with Gasteiger partial charge in [-0.2, -0.15) is 0 Å². The molecule has 1 aromatic rings. The fourth-order valence-corrected chi connectivity index (χ4v) is 3.37. The van der Waals surface area contributed by atoms with Gasteiger partial charge in [-0.1, -0.05) is 38.3 Å². The summed E-state index contributed by atoms with van der Waals surface area (Å²) < 4.78 is 4.99. The summed E-state index contributed by atoms with van der Waals surface area (Å²) >= 11 is 5.78. The molecule has 0 unspecified atom stereocenters. The Morgan fingerprint density at radius 1 is 1.12 bits per heavy atom. The average molecular weight is 380 g/mol. The van der Waals surface area contributed by atoms with Crippen molar-refractivity contribution in [1.82, 2.24) is 5.32 Å². The van der Waals surface area contributed by atoms with E-state index in [4.69, 9.17) is 16.3 Å². The molecular formula is C20H26ClNO4. The SMILES string of the molecule is C[C@@H]1[C@H](C)CCC[C@@H]1NC(=O)COC(=O)CCC(=O)c1ccc(Cl)cc1. The lowest BCUT2D eigenvalue weighted by atomic mass is 9.78. The standard InChI is InChI=1S/C20H26ClNO4/c1-13-4-3-5-17(14(13)2)22-19(24)12-26-20(25)11-10-18(23)15-6-8-16(21)9-7-15/h6-9,13-14,17H,3-5,10-12H2,1-2H3,(H,22,24)/t13-,14-,17+/m1/s1. The van der Waals surface area contributed by atoms with E-state index in [0.717, 1.165) is 12.8 Å². The smallest absolute Gasteiger partial charge is 0.306 e. The quantitative estimate of drug-likeness (QED) is 0.578. The molecule has 5 nitrogen and oxygen atoms in total. The van der Waals surface area contributed by atoms with Gasteiger partial charge < -0.3 is 10.1 Å². The number of ketones is 1. The van der Waals surface area contributed by atoms with E-state index in [9.17, 15) is 14.4 Å². The van der Waals surface area contributed by atoms with Crippen LogP contribution < -0.4 is 5.32 Å². The van der Waals surface area contributed by atoms with Gasteiger partial charge in [0, 0.05) is 23.0 Å². The van der Waals surface area contributed by atoms with Crippen LogP contribution in [0.2, 0.25) is 5.02 Å². The number of amides is 1. The maximum absolute atomic E-state index is 12.0. The Morgan fingerprint density at radius 3 is 2.50 bits per heavy atom. The van der Waals surface area contributed by atoms with E-state index in [2.05, 4.69) is 19.2 Å². The van der Waals surface area contributed by atoms with E-state index in [1.165, 1.54) is 6.42 Å². The predicted octanol–water partition coefficient (Wildman–Crippen LogP) is 3.79. The van der Waals surface area contributed by atoms with E-state index >= 15 is 0 Å². The lowest BCUT2D eigenvalue weighted by Gasteiger charge is -2.34. The Bertz CT molecular complexity index is 644. The molecule has 1 N–H and O–H groups in total. The van der Waals surface area contributed by atoms with Crippen LogP contribution in [0.25, 0.3) is 0 Å². The third-order valence-electron chi connectivity index (χ3n) is 5.14. The normalized spacial score (nSPS) is 22.5. The minimum absolute atomic E-state index is 0.0409. The van der Waals surface area contributed by atoms with Gasteiger partial charge in [0.1, 0.15) is 0 Å². The van der Waals surface area contributed by atoms with Crippen molar-refractivity contribution in [2.45, 2.75) is 52.0 Å². The highest BCUT2D eigenvalue weighted by atomic mass is 35.5. The van der Waals surface area contributed by atoms with Crippen molar-refractivity contribution >= 4 is 29.3 Å². The Hall–Kier alpha value is -1.88. The zero-order chi connectivity index (χ0) is 19.1. The first-order chi connectivity index (χ1) is 12.4. The maximum Gasteiger partial charge on any atom is 0.306 e. The molecule has 0 aliphatic heterocycles. The number of halogens is 1. The summed E-state index contributed by atoms with van der Waals surface area (Å²) in [6, 6.07) is 6.64. The van der Waals surface area contributed by atoms with Crippen molar-refractivity contribution in [3.63, 3.8) is 0 Å². The van der Waals surface area contributed by atoms with Gasteiger partial charge in [-0.25, -0.2) is 0 Å². The van der Waals surface area contributed by atoms with Crippen LogP contribution in [0.1, 0.15) is 56.3 Å². The molecular weight excluding hydrogens is 354 g/mol. The lowest BCUT2D eigenvalue weighted by molar-refractivity contribution is -0.148. The summed E-state index contributed by atoms with van der Waals surface area (Å²) in [4.78, 5) is 35.8. The Morgan fingerprint density at radius 2 is 1.81 bits per heavy atom. The Labute approximate surface area is 159 Å². The summed E-state index contributed by atoms with van der Waals surface area (Å²) in [6.45, 7) is 4.04. The third kappa shape index (κ3) is 6.13. The van der Waals surface area contributed by atoms with Crippen LogP contribution in [0.4, 0.5) is 0 Å². The van der Waals surface area contributed by atoms with Crippen molar-refractivity contribution in [3.05, 3.63) is 34.9 Å². The topological polar surface area (TPSA) is 72.5 Å². The van der Waals surface area contributed by atoms with Gasteiger partial charge in [0.25, 0.3) is 5.91 Å². The largest absolute Gasteiger partial charge is 0.456 e. The number of Topliss-reactive ketones (excluding diaryl/α,β-unsaturated/α-hetero) is 1. The molecule has 0 bridgehead atoms. The summed E-state index contributed by atoms with van der Waals surface area (Å²) in [5.41, 5.74) is 0.500. The number of nitrogens with one attached hydrogen (secondary N) is 1. The number of hydrogen-bond donors (Lipinski definition) is 1. The van der Waals surface area contributed by atoms with Crippen LogP contribution in [-0.2, 0) is 14.3 Å². The molecule has 2 rings (SSSR count). The molecule has 0 radical (unpaired) electrons. The van der Waals surface area contributed by atoms with Gasteiger partial charge in [-0.3, -0.25) is 14.4 Å². The van der Waals surface area contributed by atoms with Crippen LogP contribution in [0, 0.1) is 11.8 Å². The molecule has 0 saturated heterocycles. The fraction of sp³-hybridized carbons (Fsp3) is 0.550. The molecule has 1 aliphatic carbocycles. The summed E-state index contributed by atoms with van der Waals surface area (Å²) in [5, 5.41) is 3.50. The number of benzene rings is 1. The van der Waals surface area contributed by atoms with Crippen LogP contribution in [-0.4, -0.2) is 30.3 Å². The van der Waals surface area contributed by atoms with Crippen molar-refractivity contribution in [1.29, 1.82) is 0 Å². The highest BCUT2D eigenvalue weighted by molar-refractivity contribution is 6.30. The van der Waals surface area contributed by atoms with E-state index in [1.54, 1.807) is 24.3 Å². The first-order valence-corrected chi connectivity index (χ1v) is 9.48. The van der Waals surface area contributed by atoms with Crippen LogP contribution >= 0.6 is 11.6 Å². The average Bonchev–Trinajstić information content (AvgIpc) is 2.62. The number of carbonyl (C=O) groups excluding carboxylic acids is 3. The molecule has 1 aromatic carbocycles. The second-order valence-corrected chi connectivity index (χ2v) is 7.47. The van der Waals surface area contributed by atoms with Crippen molar-refractivity contribution < 1.29 is 19.1 Å².